The van der Waals surface area contributed by atoms with E-state index in [4.69, 9.17) is 14.1 Å². The van der Waals surface area contributed by atoms with Crippen LogP contribution < -0.4 is 4.90 Å². The number of benzene rings is 1. The molecule has 1 aliphatic heterocycles. The third kappa shape index (κ3) is 3.54. The summed E-state index contributed by atoms with van der Waals surface area (Å²) in [6.07, 6.45) is 2.33. The summed E-state index contributed by atoms with van der Waals surface area (Å²) < 4.78 is 12.3. The van der Waals surface area contributed by atoms with Gasteiger partial charge in [-0.3, -0.25) is 0 Å². The Bertz CT molecular complexity index is 1250. The zero-order chi connectivity index (χ0) is 21.6. The fraction of sp³-hybridized carbons (Fsp3) is 0.375. The first-order valence-corrected chi connectivity index (χ1v) is 10.6. The van der Waals surface area contributed by atoms with E-state index in [1.165, 1.54) is 5.56 Å². The summed E-state index contributed by atoms with van der Waals surface area (Å²) in [6, 6.07) is 10.1. The molecular weight excluding hydrogens is 392 g/mol. The summed E-state index contributed by atoms with van der Waals surface area (Å²) in [5.74, 6) is 0.665. The van der Waals surface area contributed by atoms with Gasteiger partial charge in [-0.1, -0.05) is 30.3 Å². The highest BCUT2D eigenvalue weighted by atomic mass is 16.5. The molecule has 3 aromatic heterocycles. The highest BCUT2D eigenvalue weighted by Crippen LogP contribution is 2.39. The van der Waals surface area contributed by atoms with Crippen LogP contribution in [0.25, 0.3) is 22.2 Å². The van der Waals surface area contributed by atoms with Gasteiger partial charge in [0, 0.05) is 30.8 Å². The Labute approximate surface area is 180 Å². The van der Waals surface area contributed by atoms with Gasteiger partial charge < -0.3 is 19.2 Å². The third-order valence-corrected chi connectivity index (χ3v) is 5.90. The number of aliphatic hydroxyl groups excluding tert-OH is 1. The maximum atomic E-state index is 9.70. The van der Waals surface area contributed by atoms with Crippen molar-refractivity contribution in [1.82, 2.24) is 15.0 Å². The third-order valence-electron chi connectivity index (χ3n) is 5.90. The highest BCUT2D eigenvalue weighted by molar-refractivity contribution is 6.06. The molecule has 0 unspecified atom stereocenters. The van der Waals surface area contributed by atoms with Gasteiger partial charge in [-0.05, 0) is 31.9 Å². The van der Waals surface area contributed by atoms with E-state index in [9.17, 15) is 5.11 Å². The summed E-state index contributed by atoms with van der Waals surface area (Å²) in [7, 11) is 0. The number of rotatable bonds is 5. The van der Waals surface area contributed by atoms with Crippen LogP contribution in [0, 0.1) is 6.92 Å². The van der Waals surface area contributed by atoms with Crippen molar-refractivity contribution in [3.05, 3.63) is 59.0 Å². The minimum atomic E-state index is -0.261. The average Bonchev–Trinajstić information content (AvgIpc) is 3.12. The lowest BCUT2D eigenvalue weighted by atomic mass is 9.89. The molecule has 31 heavy (non-hydrogen) atoms. The molecule has 0 fully saturated rings. The van der Waals surface area contributed by atoms with Crippen LogP contribution in [0.3, 0.4) is 0 Å². The van der Waals surface area contributed by atoms with E-state index in [1.807, 2.05) is 30.0 Å². The SMILES string of the molecule is Cc1nc2oc3c(N(CCO)Cc4ccccc4)ncnc3c2c2c1COC(C)(C)C2. The number of hydrogen-bond acceptors (Lipinski definition) is 7. The first-order chi connectivity index (χ1) is 15.0. The lowest BCUT2D eigenvalue weighted by Crippen LogP contribution is -2.32. The second kappa shape index (κ2) is 7.59. The Kier molecular flexibility index (Phi) is 4.87. The lowest BCUT2D eigenvalue weighted by molar-refractivity contribution is -0.0400. The van der Waals surface area contributed by atoms with Crippen LogP contribution in [-0.4, -0.2) is 38.8 Å². The molecule has 7 nitrogen and oxygen atoms in total. The molecule has 1 aromatic carbocycles. The lowest BCUT2D eigenvalue weighted by Gasteiger charge is -2.32. The van der Waals surface area contributed by atoms with E-state index >= 15 is 0 Å². The number of aryl methyl sites for hydroxylation is 1. The van der Waals surface area contributed by atoms with Crippen molar-refractivity contribution in [3.8, 4) is 0 Å². The van der Waals surface area contributed by atoms with Crippen molar-refractivity contribution in [2.24, 2.45) is 0 Å². The number of ether oxygens (including phenoxy) is 1. The molecule has 0 amide bonds. The number of fused-ring (bicyclic) bond motifs is 5. The van der Waals surface area contributed by atoms with E-state index in [0.29, 0.717) is 36.8 Å². The molecule has 4 heterocycles. The van der Waals surface area contributed by atoms with Gasteiger partial charge in [0.15, 0.2) is 11.4 Å². The number of anilines is 1. The van der Waals surface area contributed by atoms with E-state index in [-0.39, 0.29) is 12.2 Å². The van der Waals surface area contributed by atoms with Crippen molar-refractivity contribution < 1.29 is 14.3 Å². The number of aromatic nitrogens is 3. The Balaban J connectivity index is 1.69. The van der Waals surface area contributed by atoms with Gasteiger partial charge >= 0.3 is 0 Å². The minimum absolute atomic E-state index is 0.0108. The Hall–Kier alpha value is -3.03. The summed E-state index contributed by atoms with van der Waals surface area (Å²) in [6.45, 7) is 7.78. The average molecular weight is 418 g/mol. The number of hydrogen-bond donors (Lipinski definition) is 1. The summed E-state index contributed by atoms with van der Waals surface area (Å²) in [4.78, 5) is 15.9. The van der Waals surface area contributed by atoms with Crippen LogP contribution in [0.1, 0.15) is 36.2 Å². The molecule has 5 rings (SSSR count). The number of nitrogens with zero attached hydrogens (tertiary/aromatic N) is 4. The summed E-state index contributed by atoms with van der Waals surface area (Å²) in [5, 5.41) is 10.6. The quantitative estimate of drug-likeness (QED) is 0.526. The zero-order valence-electron chi connectivity index (χ0n) is 18.1. The van der Waals surface area contributed by atoms with Gasteiger partial charge in [0.05, 0.1) is 24.2 Å². The summed E-state index contributed by atoms with van der Waals surface area (Å²) in [5.41, 5.74) is 6.04. The van der Waals surface area contributed by atoms with E-state index in [0.717, 1.165) is 34.1 Å². The number of furan rings is 1. The monoisotopic (exact) mass is 418 g/mol. The van der Waals surface area contributed by atoms with E-state index in [1.54, 1.807) is 6.33 Å². The second-order valence-electron chi connectivity index (χ2n) is 8.67. The van der Waals surface area contributed by atoms with Crippen molar-refractivity contribution in [1.29, 1.82) is 0 Å². The van der Waals surface area contributed by atoms with Crippen molar-refractivity contribution in [2.45, 2.75) is 45.9 Å². The van der Waals surface area contributed by atoms with Gasteiger partial charge in [0.2, 0.25) is 5.71 Å². The minimum Gasteiger partial charge on any atom is -0.432 e. The van der Waals surface area contributed by atoms with Gasteiger partial charge in [-0.25, -0.2) is 15.0 Å². The predicted octanol–water partition coefficient (Wildman–Crippen LogP) is 3.93. The molecule has 7 heteroatoms. The highest BCUT2D eigenvalue weighted by Gasteiger charge is 2.32. The van der Waals surface area contributed by atoms with Crippen molar-refractivity contribution in [3.63, 3.8) is 0 Å². The second-order valence-corrected chi connectivity index (χ2v) is 8.67. The van der Waals surface area contributed by atoms with Crippen LogP contribution in [0.15, 0.2) is 41.1 Å². The Morgan fingerprint density at radius 2 is 1.94 bits per heavy atom. The fourth-order valence-electron chi connectivity index (χ4n) is 4.37. The molecule has 160 valence electrons. The van der Waals surface area contributed by atoms with Gasteiger partial charge in [-0.2, -0.15) is 0 Å². The molecular formula is C24H26N4O3. The van der Waals surface area contributed by atoms with E-state index < -0.39 is 0 Å². The standard InChI is InChI=1S/C24H26N4O3/c1-15-18-13-30-24(2,3)11-17(18)19-20-21(31-23(19)27-15)22(26-14-25-20)28(9-10-29)12-16-7-5-4-6-8-16/h4-8,14,29H,9-13H2,1-3H3. The summed E-state index contributed by atoms with van der Waals surface area (Å²) >= 11 is 0. The first-order valence-electron chi connectivity index (χ1n) is 10.6. The molecule has 0 bridgehead atoms. The van der Waals surface area contributed by atoms with Crippen LogP contribution in [0.2, 0.25) is 0 Å². The topological polar surface area (TPSA) is 84.5 Å². The van der Waals surface area contributed by atoms with Gasteiger partial charge in [0.1, 0.15) is 11.8 Å². The number of pyridine rings is 1. The zero-order valence-corrected chi connectivity index (χ0v) is 18.1. The molecule has 0 spiro atoms. The van der Waals surface area contributed by atoms with E-state index in [2.05, 4.69) is 35.9 Å². The first kappa shape index (κ1) is 19.9. The van der Waals surface area contributed by atoms with Gasteiger partial charge in [-0.15, -0.1) is 0 Å². The van der Waals surface area contributed by atoms with Crippen molar-refractivity contribution in [2.75, 3.05) is 18.1 Å². The Morgan fingerprint density at radius 3 is 2.71 bits per heavy atom. The molecule has 0 atom stereocenters. The maximum absolute atomic E-state index is 9.70. The van der Waals surface area contributed by atoms with Crippen LogP contribution in [0.4, 0.5) is 5.82 Å². The Morgan fingerprint density at radius 1 is 1.13 bits per heavy atom. The van der Waals surface area contributed by atoms with Crippen molar-refractivity contribution >= 4 is 28.0 Å². The molecule has 0 saturated heterocycles. The maximum Gasteiger partial charge on any atom is 0.229 e. The van der Waals surface area contributed by atoms with Crippen LogP contribution >= 0.6 is 0 Å². The fourth-order valence-corrected chi connectivity index (χ4v) is 4.37. The molecule has 0 saturated carbocycles. The number of aliphatic hydroxyl groups is 1. The molecule has 1 aliphatic rings. The molecule has 0 radical (unpaired) electrons. The smallest absolute Gasteiger partial charge is 0.229 e. The predicted molar refractivity (Wildman–Crippen MR) is 119 cm³/mol. The van der Waals surface area contributed by atoms with Gasteiger partial charge in [0.25, 0.3) is 0 Å². The normalized spacial score (nSPS) is 15.4. The molecule has 1 N–H and O–H groups in total. The van der Waals surface area contributed by atoms with Crippen LogP contribution in [-0.2, 0) is 24.3 Å². The molecule has 0 aliphatic carbocycles. The molecule has 4 aromatic rings. The largest absolute Gasteiger partial charge is 0.432 e. The van der Waals surface area contributed by atoms with Crippen LogP contribution in [0.5, 0.6) is 0 Å².